The van der Waals surface area contributed by atoms with Gasteiger partial charge in [0, 0.05) is 6.42 Å². The summed E-state index contributed by atoms with van der Waals surface area (Å²) in [5, 5.41) is 11.4. The maximum Gasteiger partial charge on any atom is 0.328 e. The van der Waals surface area contributed by atoms with Gasteiger partial charge in [-0.25, -0.2) is 4.79 Å². The number of carbonyl (C=O) groups is 2. The van der Waals surface area contributed by atoms with Gasteiger partial charge in [-0.05, 0) is 23.8 Å². The highest BCUT2D eigenvalue weighted by atomic mass is 16.5. The number of nitrogens with one attached hydrogen (secondary N) is 1. The number of aliphatic hydroxyl groups is 1. The van der Waals surface area contributed by atoms with Crippen molar-refractivity contribution in [1.82, 2.24) is 5.32 Å². The van der Waals surface area contributed by atoms with Crippen molar-refractivity contribution in [3.8, 4) is 0 Å². The molecule has 0 radical (unpaired) electrons. The van der Waals surface area contributed by atoms with E-state index in [1.165, 1.54) is 0 Å². The normalized spacial score (nSPS) is 13.4. The van der Waals surface area contributed by atoms with Crippen LogP contribution in [0.15, 0.2) is 30.3 Å². The second-order valence-corrected chi connectivity index (χ2v) is 6.33. The summed E-state index contributed by atoms with van der Waals surface area (Å²) in [4.78, 5) is 23.7. The molecule has 0 fully saturated rings. The summed E-state index contributed by atoms with van der Waals surface area (Å²) in [7, 11) is 0. The third-order valence-electron chi connectivity index (χ3n) is 3.43. The number of amides is 1. The number of hydrogen-bond donors (Lipinski definition) is 2. The molecule has 5 nitrogen and oxygen atoms in total. The summed E-state index contributed by atoms with van der Waals surface area (Å²) in [6.45, 7) is 5.96. The summed E-state index contributed by atoms with van der Waals surface area (Å²) < 4.78 is 5.35. The molecular formula is C18H27NO4. The van der Waals surface area contributed by atoms with Crippen molar-refractivity contribution in [3.63, 3.8) is 0 Å². The molecule has 0 saturated carbocycles. The fourth-order valence-electron chi connectivity index (χ4n) is 2.48. The Balaban J connectivity index is 2.63. The van der Waals surface area contributed by atoms with Gasteiger partial charge in [-0.2, -0.15) is 0 Å². The van der Waals surface area contributed by atoms with Crippen LogP contribution in [0.25, 0.3) is 0 Å². The van der Waals surface area contributed by atoms with Crippen LogP contribution in [-0.4, -0.2) is 36.2 Å². The molecule has 0 saturated heterocycles. The molecule has 1 aromatic rings. The van der Waals surface area contributed by atoms with Crippen LogP contribution >= 0.6 is 0 Å². The molecule has 0 aliphatic heterocycles. The van der Waals surface area contributed by atoms with E-state index in [-0.39, 0.29) is 5.92 Å². The van der Waals surface area contributed by atoms with E-state index in [2.05, 4.69) is 19.2 Å². The Labute approximate surface area is 138 Å². The lowest BCUT2D eigenvalue weighted by molar-refractivity contribution is -0.149. The number of esters is 1. The van der Waals surface area contributed by atoms with E-state index >= 15 is 0 Å². The third kappa shape index (κ3) is 7.79. The Morgan fingerprint density at radius 3 is 2.39 bits per heavy atom. The lowest BCUT2D eigenvalue weighted by Crippen LogP contribution is -2.44. The van der Waals surface area contributed by atoms with E-state index in [1.54, 1.807) is 0 Å². The third-order valence-corrected chi connectivity index (χ3v) is 3.43. The smallest absolute Gasteiger partial charge is 0.328 e. The topological polar surface area (TPSA) is 75.6 Å². The first kappa shape index (κ1) is 19.2. The Kier molecular flexibility index (Phi) is 8.33. The average Bonchev–Trinajstić information content (AvgIpc) is 2.52. The van der Waals surface area contributed by atoms with E-state index in [4.69, 9.17) is 9.84 Å². The van der Waals surface area contributed by atoms with Crippen LogP contribution in [0.2, 0.25) is 0 Å². The largest absolute Gasteiger partial charge is 0.464 e. The van der Waals surface area contributed by atoms with Gasteiger partial charge in [-0.3, -0.25) is 4.79 Å². The van der Waals surface area contributed by atoms with Crippen LogP contribution in [0.3, 0.4) is 0 Å². The van der Waals surface area contributed by atoms with Crippen molar-refractivity contribution < 1.29 is 19.4 Å². The highest BCUT2D eigenvalue weighted by Crippen LogP contribution is 2.12. The first-order valence-electron chi connectivity index (χ1n) is 8.03. The molecule has 23 heavy (non-hydrogen) atoms. The van der Waals surface area contributed by atoms with Crippen LogP contribution in [-0.2, 0) is 20.7 Å². The van der Waals surface area contributed by atoms with Gasteiger partial charge in [-0.1, -0.05) is 51.1 Å². The minimum absolute atomic E-state index is 0.268. The molecule has 2 N–H and O–H groups in total. The second-order valence-electron chi connectivity index (χ2n) is 6.33. The number of carbonyl (C=O) groups excluding carboxylic acids is 2. The first-order valence-corrected chi connectivity index (χ1v) is 8.03. The minimum atomic E-state index is -0.789. The molecule has 0 heterocycles. The second kappa shape index (κ2) is 10.0. The van der Waals surface area contributed by atoms with E-state index in [0.29, 0.717) is 18.9 Å². The Morgan fingerprint density at radius 2 is 1.83 bits per heavy atom. The Morgan fingerprint density at radius 1 is 1.17 bits per heavy atom. The van der Waals surface area contributed by atoms with Gasteiger partial charge in [0.1, 0.15) is 12.6 Å². The molecule has 128 valence electrons. The van der Waals surface area contributed by atoms with Gasteiger partial charge >= 0.3 is 5.97 Å². The molecular weight excluding hydrogens is 294 g/mol. The molecule has 0 aliphatic rings. The Bertz CT molecular complexity index is 487. The van der Waals surface area contributed by atoms with Gasteiger partial charge in [0.15, 0.2) is 0 Å². The van der Waals surface area contributed by atoms with Gasteiger partial charge in [0.05, 0.1) is 6.61 Å². The van der Waals surface area contributed by atoms with E-state index in [0.717, 1.165) is 12.0 Å². The maximum atomic E-state index is 12.3. The van der Waals surface area contributed by atoms with Crippen molar-refractivity contribution in [2.24, 2.45) is 11.8 Å². The number of hydrogen-bond acceptors (Lipinski definition) is 4. The molecule has 1 aromatic carbocycles. The molecule has 0 bridgehead atoms. The van der Waals surface area contributed by atoms with Gasteiger partial charge in [-0.15, -0.1) is 0 Å². The quantitative estimate of drug-likeness (QED) is 0.682. The Hall–Kier alpha value is -1.88. The number of ether oxygens (including phenoxy) is 1. The van der Waals surface area contributed by atoms with Gasteiger partial charge in [0.25, 0.3) is 0 Å². The van der Waals surface area contributed by atoms with E-state index in [1.807, 2.05) is 37.3 Å². The van der Waals surface area contributed by atoms with Crippen LogP contribution in [0.5, 0.6) is 0 Å². The molecule has 1 amide bonds. The first-order chi connectivity index (χ1) is 10.9. The fraction of sp³-hybridized carbons (Fsp3) is 0.556. The highest BCUT2D eigenvalue weighted by molar-refractivity contribution is 5.85. The van der Waals surface area contributed by atoms with Crippen LogP contribution in [0.1, 0.15) is 32.8 Å². The molecule has 2 atom stereocenters. The van der Waals surface area contributed by atoms with Crippen molar-refractivity contribution in [3.05, 3.63) is 35.9 Å². The molecule has 5 heteroatoms. The predicted octanol–water partition coefficient (Wildman–Crippen LogP) is 1.93. The van der Waals surface area contributed by atoms with Crippen LogP contribution in [0, 0.1) is 11.8 Å². The zero-order chi connectivity index (χ0) is 17.2. The summed E-state index contributed by atoms with van der Waals surface area (Å²) >= 11 is 0. The summed E-state index contributed by atoms with van der Waals surface area (Å²) in [6.07, 6.45) is 1.31. The summed E-state index contributed by atoms with van der Waals surface area (Å²) in [5.41, 5.74) is 0.919. The standard InChI is InChI=1S/C18H27NO4/c1-13(2)9-14(3)12-23-18(22)16(19-17(21)11-20)10-15-7-5-4-6-8-15/h4-8,13-14,16,20H,9-12H2,1-3H3,(H,19,21). The number of rotatable bonds is 9. The molecule has 1 rings (SSSR count). The monoisotopic (exact) mass is 321 g/mol. The zero-order valence-corrected chi connectivity index (χ0v) is 14.1. The van der Waals surface area contributed by atoms with Crippen LogP contribution in [0.4, 0.5) is 0 Å². The fourth-order valence-corrected chi connectivity index (χ4v) is 2.48. The molecule has 0 spiro atoms. The van der Waals surface area contributed by atoms with Crippen LogP contribution < -0.4 is 5.32 Å². The van der Waals surface area contributed by atoms with Crippen molar-refractivity contribution >= 4 is 11.9 Å². The van der Waals surface area contributed by atoms with Gasteiger partial charge < -0.3 is 15.2 Å². The molecule has 0 aliphatic carbocycles. The average molecular weight is 321 g/mol. The molecule has 2 unspecified atom stereocenters. The lowest BCUT2D eigenvalue weighted by atomic mass is 10.00. The zero-order valence-electron chi connectivity index (χ0n) is 14.1. The SMILES string of the molecule is CC(C)CC(C)COC(=O)C(Cc1ccccc1)NC(=O)CO. The van der Waals surface area contributed by atoms with Crippen molar-refractivity contribution in [2.45, 2.75) is 39.7 Å². The van der Waals surface area contributed by atoms with Crippen molar-refractivity contribution in [2.75, 3.05) is 13.2 Å². The summed E-state index contributed by atoms with van der Waals surface area (Å²) in [5.74, 6) is -0.243. The van der Waals surface area contributed by atoms with E-state index < -0.39 is 24.5 Å². The minimum Gasteiger partial charge on any atom is -0.464 e. The lowest BCUT2D eigenvalue weighted by Gasteiger charge is -2.19. The number of benzene rings is 1. The summed E-state index contributed by atoms with van der Waals surface area (Å²) in [6, 6.07) is 8.60. The maximum absolute atomic E-state index is 12.3. The van der Waals surface area contributed by atoms with Gasteiger partial charge in [0.2, 0.25) is 5.91 Å². The van der Waals surface area contributed by atoms with E-state index in [9.17, 15) is 9.59 Å². The number of aliphatic hydroxyl groups excluding tert-OH is 1. The highest BCUT2D eigenvalue weighted by Gasteiger charge is 2.23. The molecule has 0 aromatic heterocycles. The predicted molar refractivity (Wildman–Crippen MR) is 88.7 cm³/mol. The van der Waals surface area contributed by atoms with Crippen molar-refractivity contribution in [1.29, 1.82) is 0 Å².